The van der Waals surface area contributed by atoms with Gasteiger partial charge < -0.3 is 9.15 Å². The first-order valence-electron chi connectivity index (χ1n) is 23.4. The summed E-state index contributed by atoms with van der Waals surface area (Å²) in [4.78, 5) is 0. The van der Waals surface area contributed by atoms with E-state index in [0.717, 1.165) is 5.39 Å². The molecule has 0 amide bonds. The summed E-state index contributed by atoms with van der Waals surface area (Å²) in [5.41, 5.74) is -6.17. The first kappa shape index (κ1) is 12.6. The molecule has 2 aliphatic rings. The van der Waals surface area contributed by atoms with Crippen LogP contribution in [0.1, 0.15) is 48.3 Å². The molecule has 45 heavy (non-hydrogen) atoms. The summed E-state index contributed by atoms with van der Waals surface area (Å²) < 4.78 is 185. The summed E-state index contributed by atoms with van der Waals surface area (Å²) >= 11 is 0. The molecule has 2 heteroatoms. The molecule has 0 radical (unpaired) electrons. The summed E-state index contributed by atoms with van der Waals surface area (Å²) in [6.07, 6.45) is 0. The van der Waals surface area contributed by atoms with Crippen LogP contribution in [0.15, 0.2) is 162 Å². The summed E-state index contributed by atoms with van der Waals surface area (Å²) in [5.74, 6) is -1.46. The van der Waals surface area contributed by atoms with Gasteiger partial charge >= 0.3 is 0 Å². The lowest BCUT2D eigenvalue weighted by Gasteiger charge is -2.39. The van der Waals surface area contributed by atoms with E-state index < -0.39 is 176 Å². The van der Waals surface area contributed by atoms with Crippen molar-refractivity contribution in [3.63, 3.8) is 0 Å². The SMILES string of the molecule is [2H]c1c([2H])c([2H])c2c(c1[2H])Oc1c([2H])c(-c3c([2H])c([2H])c([2H])c([2H])c3-c3ccc4c(c3)oc3ccccc34)c([2H])c([2H])c1C21c2c([2H])c([2H])c([2H])c([2H])c2-c2c([2H])c([2H])c([2H])c([2H])c21. The van der Waals surface area contributed by atoms with Crippen LogP contribution in [-0.2, 0) is 5.41 Å². The topological polar surface area (TPSA) is 22.4 Å². The highest BCUT2D eigenvalue weighted by Gasteiger charge is 2.50. The molecule has 8 aromatic rings. The van der Waals surface area contributed by atoms with Crippen LogP contribution in [-0.4, -0.2) is 0 Å². The van der Waals surface area contributed by atoms with E-state index in [1.807, 2.05) is 12.1 Å². The fourth-order valence-electron chi connectivity index (χ4n) is 6.51. The second-order valence-electron chi connectivity index (χ2n) is 10.6. The molecule has 1 aliphatic carbocycles. The molecule has 0 fully saturated rings. The van der Waals surface area contributed by atoms with Gasteiger partial charge in [0.2, 0.25) is 0 Å². The maximum Gasteiger partial charge on any atom is 0.136 e. The molecule has 0 N–H and O–H groups in total. The van der Waals surface area contributed by atoms with E-state index in [2.05, 4.69) is 0 Å². The molecule has 0 saturated carbocycles. The molecular formula is C43H26O2. The maximum atomic E-state index is 9.88. The van der Waals surface area contributed by atoms with Crippen molar-refractivity contribution in [1.29, 1.82) is 0 Å². The molecule has 0 bridgehead atoms. The standard InChI is InChI=1S/C43H26O2/c1-2-12-30(29(11-1)27-21-23-34-33-15-5-9-19-39(33)44-41(34)25-27)28-22-24-38-42(26-28)45-40-20-10-8-18-37(40)43(38)35-16-6-3-13-31(35)32-14-4-7-17-36(32)43/h1-26H/i1D,2D,3D,4D,6D,7D,8D,10D,11D,12D,13D,14D,16D,17D,18D,20D,22D,24D,26D. The summed E-state index contributed by atoms with van der Waals surface area (Å²) in [5, 5.41) is 1.45. The smallest absolute Gasteiger partial charge is 0.136 e. The Morgan fingerprint density at radius 2 is 1.07 bits per heavy atom. The highest BCUT2D eigenvalue weighted by molar-refractivity contribution is 6.06. The average Bonchev–Trinajstić information content (AvgIpc) is 3.81. The highest BCUT2D eigenvalue weighted by atomic mass is 16.5. The van der Waals surface area contributed by atoms with E-state index in [-0.39, 0.29) is 11.1 Å². The van der Waals surface area contributed by atoms with Crippen LogP contribution < -0.4 is 4.74 Å². The van der Waals surface area contributed by atoms with Crippen molar-refractivity contribution in [3.8, 4) is 44.9 Å². The quantitative estimate of drug-likeness (QED) is 0.199. The van der Waals surface area contributed by atoms with E-state index in [0.29, 0.717) is 16.6 Å². The number of benzene rings is 7. The van der Waals surface area contributed by atoms with Gasteiger partial charge in [-0.25, -0.2) is 0 Å². The molecule has 2 heterocycles. The Balaban J connectivity index is 1.42. The molecule has 1 aliphatic heterocycles. The minimum absolute atomic E-state index is 0.166. The fraction of sp³-hybridized carbons (Fsp3) is 0.0233. The zero-order valence-electron chi connectivity index (χ0n) is 41.9. The third kappa shape index (κ3) is 3.29. The third-order valence-corrected chi connectivity index (χ3v) is 8.37. The van der Waals surface area contributed by atoms with Gasteiger partial charge in [-0.15, -0.1) is 0 Å². The van der Waals surface area contributed by atoms with Crippen LogP contribution in [0, 0.1) is 0 Å². The average molecular weight is 594 g/mol. The number of furan rings is 1. The van der Waals surface area contributed by atoms with Crippen LogP contribution in [0.3, 0.4) is 0 Å². The third-order valence-electron chi connectivity index (χ3n) is 8.37. The van der Waals surface area contributed by atoms with Crippen molar-refractivity contribution in [1.82, 2.24) is 0 Å². The van der Waals surface area contributed by atoms with Crippen molar-refractivity contribution in [2.45, 2.75) is 5.41 Å². The number of ether oxygens (including phenoxy) is 1. The zero-order valence-corrected chi connectivity index (χ0v) is 22.9. The largest absolute Gasteiger partial charge is 0.457 e. The number of hydrogen-bond acceptors (Lipinski definition) is 2. The van der Waals surface area contributed by atoms with Crippen molar-refractivity contribution >= 4 is 21.9 Å². The molecular weight excluding hydrogens is 548 g/mol. The van der Waals surface area contributed by atoms with Crippen LogP contribution in [0.25, 0.3) is 55.3 Å². The molecule has 10 rings (SSSR count). The van der Waals surface area contributed by atoms with Gasteiger partial charge in [-0.3, -0.25) is 0 Å². The lowest BCUT2D eigenvalue weighted by Crippen LogP contribution is -2.32. The van der Waals surface area contributed by atoms with E-state index in [9.17, 15) is 9.60 Å². The molecule has 210 valence electrons. The molecule has 1 aromatic heterocycles. The van der Waals surface area contributed by atoms with E-state index >= 15 is 0 Å². The second kappa shape index (κ2) is 9.07. The van der Waals surface area contributed by atoms with E-state index in [1.165, 1.54) is 6.07 Å². The van der Waals surface area contributed by atoms with Crippen molar-refractivity contribution in [3.05, 3.63) is 180 Å². The number of fused-ring (bicyclic) bond motifs is 12. The Labute approximate surface area is 287 Å². The fourth-order valence-corrected chi connectivity index (χ4v) is 6.51. The predicted octanol–water partition coefficient (Wildman–Crippen LogP) is 11.4. The first-order valence-corrected chi connectivity index (χ1v) is 13.9. The first-order chi connectivity index (χ1) is 30.2. The van der Waals surface area contributed by atoms with Crippen LogP contribution in [0.2, 0.25) is 0 Å². The van der Waals surface area contributed by atoms with Gasteiger partial charge in [0.15, 0.2) is 0 Å². The van der Waals surface area contributed by atoms with Crippen molar-refractivity contribution < 1.29 is 35.2 Å². The van der Waals surface area contributed by atoms with Gasteiger partial charge in [-0.2, -0.15) is 0 Å². The minimum atomic E-state index is -2.72. The van der Waals surface area contributed by atoms with Crippen molar-refractivity contribution in [2.24, 2.45) is 0 Å². The zero-order chi connectivity index (χ0) is 46.1. The van der Waals surface area contributed by atoms with Crippen molar-refractivity contribution in [2.75, 3.05) is 0 Å². The van der Waals surface area contributed by atoms with E-state index in [1.54, 1.807) is 24.3 Å². The Morgan fingerprint density at radius 3 is 1.84 bits per heavy atom. The van der Waals surface area contributed by atoms with Gasteiger partial charge in [0.05, 0.1) is 31.5 Å². The molecule has 7 aromatic carbocycles. The minimum Gasteiger partial charge on any atom is -0.457 e. The van der Waals surface area contributed by atoms with Crippen LogP contribution in [0.4, 0.5) is 0 Å². The van der Waals surface area contributed by atoms with Gasteiger partial charge in [0.1, 0.15) is 22.7 Å². The Hall–Kier alpha value is -5.86. The molecule has 2 nitrogen and oxygen atoms in total. The lowest BCUT2D eigenvalue weighted by molar-refractivity contribution is 0.436. The van der Waals surface area contributed by atoms with E-state index in [4.69, 9.17) is 25.6 Å². The molecule has 0 saturated heterocycles. The Kier molecular flexibility index (Phi) is 2.55. The highest BCUT2D eigenvalue weighted by Crippen LogP contribution is 2.62. The number of hydrogen-bond donors (Lipinski definition) is 0. The Bertz CT molecular complexity index is 3470. The summed E-state index contributed by atoms with van der Waals surface area (Å²) in [6, 6.07) is -3.47. The number of rotatable bonds is 2. The van der Waals surface area contributed by atoms with Gasteiger partial charge in [-0.05, 0) is 74.8 Å². The predicted molar refractivity (Wildman–Crippen MR) is 182 cm³/mol. The van der Waals surface area contributed by atoms with Gasteiger partial charge in [0, 0.05) is 21.9 Å². The Morgan fingerprint density at radius 1 is 0.467 bits per heavy atom. The van der Waals surface area contributed by atoms with Gasteiger partial charge in [-0.1, -0.05) is 127 Å². The van der Waals surface area contributed by atoms with Crippen LogP contribution >= 0.6 is 0 Å². The normalized spacial score (nSPS) is 19.6. The molecule has 0 unspecified atom stereocenters. The van der Waals surface area contributed by atoms with Gasteiger partial charge in [0.25, 0.3) is 0 Å². The number of para-hydroxylation sites is 2. The lowest BCUT2D eigenvalue weighted by atomic mass is 9.66. The molecule has 0 atom stereocenters. The monoisotopic (exact) mass is 593 g/mol. The maximum absolute atomic E-state index is 9.88. The summed E-state index contributed by atoms with van der Waals surface area (Å²) in [7, 11) is 0. The molecule has 1 spiro atoms. The van der Waals surface area contributed by atoms with Crippen LogP contribution in [0.5, 0.6) is 11.5 Å². The summed E-state index contributed by atoms with van der Waals surface area (Å²) in [6.45, 7) is 0. The second-order valence-corrected chi connectivity index (χ2v) is 10.6.